The summed E-state index contributed by atoms with van der Waals surface area (Å²) in [5.41, 5.74) is 3.73. The van der Waals surface area contributed by atoms with Crippen LogP contribution in [0.15, 0.2) is 42.5 Å². The van der Waals surface area contributed by atoms with E-state index in [2.05, 4.69) is 5.32 Å². The summed E-state index contributed by atoms with van der Waals surface area (Å²) in [5.74, 6) is -0.243. The molecule has 1 aliphatic heterocycles. The molecule has 0 spiro atoms. The molecular weight excluding hydrogens is 402 g/mol. The van der Waals surface area contributed by atoms with Crippen molar-refractivity contribution in [1.82, 2.24) is 0 Å². The largest absolute Gasteiger partial charge is 0.497 e. The summed E-state index contributed by atoms with van der Waals surface area (Å²) in [6.45, 7) is 1.97. The lowest BCUT2D eigenvalue weighted by molar-refractivity contribution is -0.116. The van der Waals surface area contributed by atoms with Crippen molar-refractivity contribution in [2.24, 2.45) is 0 Å². The molecule has 7 heteroatoms. The van der Waals surface area contributed by atoms with Crippen LogP contribution in [0.3, 0.4) is 0 Å². The number of hydrogen-bond acceptors (Lipinski definition) is 5. The van der Waals surface area contributed by atoms with Crippen LogP contribution in [0.5, 0.6) is 11.5 Å². The lowest BCUT2D eigenvalue weighted by Crippen LogP contribution is -2.22. The lowest BCUT2D eigenvalue weighted by Gasteiger charge is -2.25. The van der Waals surface area contributed by atoms with Crippen molar-refractivity contribution < 1.29 is 24.2 Å². The highest BCUT2D eigenvalue weighted by Gasteiger charge is 2.35. The first-order valence-corrected chi connectivity index (χ1v) is 10.2. The van der Waals surface area contributed by atoms with E-state index in [-0.39, 0.29) is 23.1 Å². The van der Waals surface area contributed by atoms with Gasteiger partial charge in [0.25, 0.3) is 0 Å². The van der Waals surface area contributed by atoms with Gasteiger partial charge in [-0.3, -0.25) is 4.79 Å². The van der Waals surface area contributed by atoms with Gasteiger partial charge in [0.05, 0.1) is 19.9 Å². The van der Waals surface area contributed by atoms with Crippen molar-refractivity contribution in [3.63, 3.8) is 0 Å². The van der Waals surface area contributed by atoms with E-state index in [9.17, 15) is 14.7 Å². The van der Waals surface area contributed by atoms with E-state index in [0.29, 0.717) is 22.7 Å². The third kappa shape index (κ3) is 3.41. The molecule has 2 aromatic carbocycles. The van der Waals surface area contributed by atoms with Crippen LogP contribution < -0.4 is 14.8 Å². The second-order valence-electron chi connectivity index (χ2n) is 7.13. The predicted octanol–water partition coefficient (Wildman–Crippen LogP) is 4.91. The number of carbonyl (C=O) groups excluding carboxylic acids is 1. The fourth-order valence-corrected chi connectivity index (χ4v) is 5.03. The highest BCUT2D eigenvalue weighted by Crippen LogP contribution is 2.51. The van der Waals surface area contributed by atoms with Gasteiger partial charge in [-0.1, -0.05) is 29.8 Å². The average Bonchev–Trinajstić information content (AvgIpc) is 3.13. The number of thiophene rings is 1. The van der Waals surface area contributed by atoms with Crippen molar-refractivity contribution in [3.05, 3.63) is 63.3 Å². The van der Waals surface area contributed by atoms with Gasteiger partial charge in [-0.05, 0) is 30.7 Å². The maximum atomic E-state index is 12.7. The number of benzene rings is 2. The quantitative estimate of drug-likeness (QED) is 0.609. The third-order valence-electron chi connectivity index (χ3n) is 5.25. The van der Waals surface area contributed by atoms with Crippen molar-refractivity contribution >= 4 is 28.9 Å². The van der Waals surface area contributed by atoms with Crippen LogP contribution >= 0.6 is 11.3 Å². The Kier molecular flexibility index (Phi) is 5.22. The predicted molar refractivity (Wildman–Crippen MR) is 116 cm³/mol. The number of methoxy groups -OCH3 is 2. The zero-order valence-corrected chi connectivity index (χ0v) is 17.6. The first-order chi connectivity index (χ1) is 14.4. The minimum atomic E-state index is -1.02. The number of hydrogen-bond donors (Lipinski definition) is 2. The molecule has 0 aliphatic carbocycles. The van der Waals surface area contributed by atoms with Gasteiger partial charge in [0, 0.05) is 28.3 Å². The zero-order valence-electron chi connectivity index (χ0n) is 16.8. The van der Waals surface area contributed by atoms with Gasteiger partial charge in [0.1, 0.15) is 16.4 Å². The standard InChI is InChI=1S/C23H21NO5S/c1-12-4-6-13(7-5-12)19-20-21(30-22(19)23(26)27)16(11-18(25)24-20)15-10-14(28-2)8-9-17(15)29-3/h4-10,16H,11H2,1-3H3,(H,24,25)(H,26,27)/t16-/m0/s1. The number of carbonyl (C=O) groups is 2. The van der Waals surface area contributed by atoms with Crippen LogP contribution in [0.25, 0.3) is 11.1 Å². The number of ether oxygens (including phenoxy) is 2. The summed E-state index contributed by atoms with van der Waals surface area (Å²) in [6, 6.07) is 13.1. The normalized spacial score (nSPS) is 15.3. The summed E-state index contributed by atoms with van der Waals surface area (Å²) in [5, 5.41) is 12.8. The average molecular weight is 423 g/mol. The summed E-state index contributed by atoms with van der Waals surface area (Å²) in [6.07, 6.45) is 0.198. The number of amides is 1. The van der Waals surface area contributed by atoms with E-state index in [1.54, 1.807) is 26.4 Å². The molecule has 0 bridgehead atoms. The van der Waals surface area contributed by atoms with Gasteiger partial charge in [-0.15, -0.1) is 11.3 Å². The van der Waals surface area contributed by atoms with Gasteiger partial charge >= 0.3 is 5.97 Å². The Morgan fingerprint density at radius 2 is 1.87 bits per heavy atom. The monoisotopic (exact) mass is 423 g/mol. The second kappa shape index (κ2) is 7.84. The highest BCUT2D eigenvalue weighted by atomic mass is 32.1. The zero-order chi connectivity index (χ0) is 21.4. The molecule has 0 radical (unpaired) electrons. The molecule has 1 aromatic heterocycles. The van der Waals surface area contributed by atoms with Gasteiger partial charge in [-0.2, -0.15) is 0 Å². The van der Waals surface area contributed by atoms with Crippen LogP contribution in [0, 0.1) is 6.92 Å². The minimum Gasteiger partial charge on any atom is -0.497 e. The molecule has 1 atom stereocenters. The Hall–Kier alpha value is -3.32. The molecule has 1 aliphatic rings. The molecule has 3 aromatic rings. The van der Waals surface area contributed by atoms with Crippen molar-refractivity contribution in [2.45, 2.75) is 19.3 Å². The van der Waals surface area contributed by atoms with Crippen molar-refractivity contribution in [3.8, 4) is 22.6 Å². The van der Waals surface area contributed by atoms with E-state index in [0.717, 1.165) is 21.6 Å². The smallest absolute Gasteiger partial charge is 0.346 e. The summed E-state index contributed by atoms with van der Waals surface area (Å²) >= 11 is 1.20. The van der Waals surface area contributed by atoms with E-state index in [1.165, 1.54) is 11.3 Å². The van der Waals surface area contributed by atoms with Crippen LogP contribution in [0.2, 0.25) is 0 Å². The minimum absolute atomic E-state index is 0.166. The highest BCUT2D eigenvalue weighted by molar-refractivity contribution is 7.15. The maximum Gasteiger partial charge on any atom is 0.346 e. The number of aryl methyl sites for hydroxylation is 1. The molecule has 1 amide bonds. The van der Waals surface area contributed by atoms with Crippen LogP contribution in [0.4, 0.5) is 5.69 Å². The number of anilines is 1. The van der Waals surface area contributed by atoms with E-state index in [1.807, 2.05) is 37.3 Å². The molecule has 0 saturated carbocycles. The first kappa shape index (κ1) is 20.0. The topological polar surface area (TPSA) is 84.9 Å². The Morgan fingerprint density at radius 1 is 1.13 bits per heavy atom. The fraction of sp³-hybridized carbons (Fsp3) is 0.217. The summed E-state index contributed by atoms with van der Waals surface area (Å²) in [4.78, 5) is 25.7. The van der Waals surface area contributed by atoms with Crippen molar-refractivity contribution in [1.29, 1.82) is 0 Å². The van der Waals surface area contributed by atoms with Gasteiger partial charge < -0.3 is 19.9 Å². The number of fused-ring (bicyclic) bond motifs is 1. The lowest BCUT2D eigenvalue weighted by atomic mass is 9.88. The van der Waals surface area contributed by atoms with Gasteiger partial charge in [0.2, 0.25) is 5.91 Å². The third-order valence-corrected chi connectivity index (χ3v) is 6.54. The number of carboxylic acids is 1. The van der Waals surface area contributed by atoms with E-state index >= 15 is 0 Å². The second-order valence-corrected chi connectivity index (χ2v) is 8.18. The number of rotatable bonds is 5. The number of nitrogens with one attached hydrogen (secondary N) is 1. The molecule has 0 saturated heterocycles. The van der Waals surface area contributed by atoms with Crippen LogP contribution in [-0.4, -0.2) is 31.2 Å². The Balaban J connectivity index is 1.95. The summed E-state index contributed by atoms with van der Waals surface area (Å²) in [7, 11) is 3.15. The molecule has 0 unspecified atom stereocenters. The Labute approximate surface area is 178 Å². The Bertz CT molecular complexity index is 1130. The summed E-state index contributed by atoms with van der Waals surface area (Å²) < 4.78 is 10.9. The van der Waals surface area contributed by atoms with E-state index < -0.39 is 5.97 Å². The molecule has 154 valence electrons. The van der Waals surface area contributed by atoms with E-state index in [4.69, 9.17) is 9.47 Å². The van der Waals surface area contributed by atoms with Crippen molar-refractivity contribution in [2.75, 3.05) is 19.5 Å². The number of carboxylic acid groups (broad SMARTS) is 1. The molecule has 4 rings (SSSR count). The van der Waals surface area contributed by atoms with Crippen LogP contribution in [0.1, 0.15) is 38.0 Å². The molecule has 30 heavy (non-hydrogen) atoms. The van der Waals surface area contributed by atoms with Gasteiger partial charge in [-0.25, -0.2) is 4.79 Å². The molecule has 0 fully saturated rings. The molecule has 6 nitrogen and oxygen atoms in total. The molecule has 2 N–H and O–H groups in total. The Morgan fingerprint density at radius 3 is 2.50 bits per heavy atom. The molecular formula is C23H21NO5S. The fourth-order valence-electron chi connectivity index (χ4n) is 3.80. The van der Waals surface area contributed by atoms with Gasteiger partial charge in [0.15, 0.2) is 0 Å². The SMILES string of the molecule is COc1ccc(OC)c([C@@H]2CC(=O)Nc3c2sc(C(=O)O)c3-c2ccc(C)cc2)c1. The molecule has 2 heterocycles. The first-order valence-electron chi connectivity index (χ1n) is 9.41. The maximum absolute atomic E-state index is 12.7. The number of aromatic carboxylic acids is 1. The van der Waals surface area contributed by atoms with Crippen LogP contribution in [-0.2, 0) is 4.79 Å².